The quantitative estimate of drug-likeness (QED) is 0.286. The summed E-state index contributed by atoms with van der Waals surface area (Å²) in [6.07, 6.45) is 2.42. The van der Waals surface area contributed by atoms with Crippen molar-refractivity contribution >= 4 is 39.7 Å². The first-order chi connectivity index (χ1) is 17.4. The van der Waals surface area contributed by atoms with E-state index in [0.717, 1.165) is 45.3 Å². The summed E-state index contributed by atoms with van der Waals surface area (Å²) < 4.78 is 12.5. The van der Waals surface area contributed by atoms with Gasteiger partial charge in [-0.2, -0.15) is 0 Å². The maximum Gasteiger partial charge on any atom is 0.336 e. The summed E-state index contributed by atoms with van der Waals surface area (Å²) >= 11 is 0. The predicted octanol–water partition coefficient (Wildman–Crippen LogP) is 7.36. The number of carboxylic acids is 1. The van der Waals surface area contributed by atoms with E-state index in [4.69, 9.17) is 14.1 Å². The standard InChI is InChI=1S/C30H24N2O4/c1-16-8-11-26(35-18(3)19-9-10-23-20(14-19)12-13-31-23)27-22(30(33)34)15-24(32-28(16)27)29-17(2)21-6-4-5-7-25(21)36-29/h4-11,13-15,18H,12H2,1-3H3,(H,33,34)/t18-/m1/s1. The average Bonchev–Trinajstić information content (AvgIpc) is 3.49. The molecule has 3 heterocycles. The lowest BCUT2D eigenvalue weighted by atomic mass is 10.0. The van der Waals surface area contributed by atoms with Crippen LogP contribution in [0.15, 0.2) is 70.1 Å². The minimum atomic E-state index is -1.05. The molecule has 0 aliphatic carbocycles. The molecule has 0 radical (unpaired) electrons. The molecule has 0 amide bonds. The number of ether oxygens (including phenoxy) is 1. The molecule has 6 nitrogen and oxygen atoms in total. The van der Waals surface area contributed by atoms with Gasteiger partial charge in [-0.25, -0.2) is 9.78 Å². The van der Waals surface area contributed by atoms with Crippen LogP contribution in [-0.2, 0) is 6.42 Å². The first-order valence-corrected chi connectivity index (χ1v) is 11.9. The number of benzene rings is 3. The number of hydrogen-bond acceptors (Lipinski definition) is 5. The molecular weight excluding hydrogens is 452 g/mol. The number of carboxylic acid groups (broad SMARTS) is 1. The molecule has 178 valence electrons. The van der Waals surface area contributed by atoms with Crippen molar-refractivity contribution < 1.29 is 19.1 Å². The number of aromatic carboxylic acids is 1. The lowest BCUT2D eigenvalue weighted by Crippen LogP contribution is -2.07. The number of fused-ring (bicyclic) bond motifs is 3. The van der Waals surface area contributed by atoms with E-state index in [2.05, 4.69) is 11.1 Å². The fourth-order valence-corrected chi connectivity index (χ4v) is 4.89. The van der Waals surface area contributed by atoms with E-state index in [0.29, 0.717) is 28.1 Å². The molecule has 6 heteroatoms. The van der Waals surface area contributed by atoms with Crippen molar-refractivity contribution in [2.24, 2.45) is 4.99 Å². The summed E-state index contributed by atoms with van der Waals surface area (Å²) in [5, 5.41) is 11.7. The van der Waals surface area contributed by atoms with Gasteiger partial charge in [-0.15, -0.1) is 0 Å². The van der Waals surface area contributed by atoms with E-state index in [1.807, 2.05) is 75.5 Å². The summed E-state index contributed by atoms with van der Waals surface area (Å²) in [7, 11) is 0. The highest BCUT2D eigenvalue weighted by molar-refractivity contribution is 6.07. The monoisotopic (exact) mass is 476 g/mol. The third kappa shape index (κ3) is 3.53. The minimum Gasteiger partial charge on any atom is -0.485 e. The van der Waals surface area contributed by atoms with Crippen LogP contribution in [0.5, 0.6) is 5.75 Å². The van der Waals surface area contributed by atoms with Crippen molar-refractivity contribution in [3.63, 3.8) is 0 Å². The number of aromatic nitrogens is 1. The van der Waals surface area contributed by atoms with Gasteiger partial charge in [0, 0.05) is 23.6 Å². The van der Waals surface area contributed by atoms with E-state index in [1.54, 1.807) is 6.07 Å². The third-order valence-corrected chi connectivity index (χ3v) is 6.85. The summed E-state index contributed by atoms with van der Waals surface area (Å²) in [4.78, 5) is 21.7. The fourth-order valence-electron chi connectivity index (χ4n) is 4.89. The van der Waals surface area contributed by atoms with Crippen molar-refractivity contribution in [3.8, 4) is 17.2 Å². The zero-order valence-corrected chi connectivity index (χ0v) is 20.2. The van der Waals surface area contributed by atoms with Crippen molar-refractivity contribution in [1.29, 1.82) is 0 Å². The molecule has 0 fully saturated rings. The van der Waals surface area contributed by atoms with Gasteiger partial charge in [0.2, 0.25) is 0 Å². The smallest absolute Gasteiger partial charge is 0.336 e. The van der Waals surface area contributed by atoms with Crippen molar-refractivity contribution in [1.82, 2.24) is 4.98 Å². The van der Waals surface area contributed by atoms with Gasteiger partial charge in [0.1, 0.15) is 23.1 Å². The van der Waals surface area contributed by atoms with Crippen LogP contribution < -0.4 is 4.74 Å². The van der Waals surface area contributed by atoms with Gasteiger partial charge in [-0.1, -0.05) is 30.3 Å². The number of para-hydroxylation sites is 1. The molecular formula is C30H24N2O4. The second-order valence-electron chi connectivity index (χ2n) is 9.18. The van der Waals surface area contributed by atoms with Gasteiger partial charge in [-0.05, 0) is 67.8 Å². The summed E-state index contributed by atoms with van der Waals surface area (Å²) in [6, 6.07) is 19.2. The summed E-state index contributed by atoms with van der Waals surface area (Å²) in [5.41, 5.74) is 6.87. The zero-order chi connectivity index (χ0) is 25.0. The maximum atomic E-state index is 12.5. The Morgan fingerprint density at radius 1 is 1.08 bits per heavy atom. The largest absolute Gasteiger partial charge is 0.485 e. The molecule has 1 N–H and O–H groups in total. The number of furan rings is 1. The van der Waals surface area contributed by atoms with Gasteiger partial charge in [-0.3, -0.25) is 4.99 Å². The number of nitrogens with zero attached hydrogens (tertiary/aromatic N) is 2. The molecule has 1 aliphatic heterocycles. The van der Waals surface area contributed by atoms with Gasteiger partial charge in [0.05, 0.1) is 22.2 Å². The average molecular weight is 477 g/mol. The van der Waals surface area contributed by atoms with E-state index in [-0.39, 0.29) is 11.7 Å². The molecule has 36 heavy (non-hydrogen) atoms. The van der Waals surface area contributed by atoms with E-state index in [9.17, 15) is 9.90 Å². The SMILES string of the molecule is Cc1c(-c2cc(C(=O)O)c3c(O[C@H](C)c4ccc5c(c4)CC=N5)ccc(C)c3n2)oc2ccccc12. The Morgan fingerprint density at radius 2 is 1.92 bits per heavy atom. The van der Waals surface area contributed by atoms with Crippen LogP contribution >= 0.6 is 0 Å². The number of carbonyl (C=O) groups is 1. The summed E-state index contributed by atoms with van der Waals surface area (Å²) in [6.45, 7) is 5.84. The van der Waals surface area contributed by atoms with Crippen molar-refractivity contribution in [3.05, 3.63) is 88.5 Å². The Balaban J connectivity index is 1.48. The number of pyridine rings is 1. The van der Waals surface area contributed by atoms with Crippen LogP contribution in [0.1, 0.15) is 45.6 Å². The highest BCUT2D eigenvalue weighted by Gasteiger charge is 2.23. The summed E-state index contributed by atoms with van der Waals surface area (Å²) in [5.74, 6) is 0.00729. The van der Waals surface area contributed by atoms with Crippen LogP contribution in [0, 0.1) is 13.8 Å². The van der Waals surface area contributed by atoms with E-state index >= 15 is 0 Å². The van der Waals surface area contributed by atoms with Crippen LogP contribution in [0.25, 0.3) is 33.3 Å². The molecule has 0 unspecified atom stereocenters. The lowest BCUT2D eigenvalue weighted by molar-refractivity contribution is 0.0698. The van der Waals surface area contributed by atoms with Gasteiger partial charge >= 0.3 is 5.97 Å². The topological polar surface area (TPSA) is 84.9 Å². The van der Waals surface area contributed by atoms with Crippen LogP contribution in [0.3, 0.4) is 0 Å². The maximum absolute atomic E-state index is 12.5. The van der Waals surface area contributed by atoms with Crippen molar-refractivity contribution in [2.75, 3.05) is 0 Å². The molecule has 0 bridgehead atoms. The number of hydrogen-bond donors (Lipinski definition) is 1. The third-order valence-electron chi connectivity index (χ3n) is 6.85. The van der Waals surface area contributed by atoms with E-state index < -0.39 is 5.97 Å². The Labute approximate surface area is 207 Å². The molecule has 5 aromatic rings. The Kier molecular flexibility index (Phi) is 5.11. The Bertz CT molecular complexity index is 1710. The fraction of sp³-hybridized carbons (Fsp3) is 0.167. The molecule has 6 rings (SSSR count). The van der Waals surface area contributed by atoms with Crippen LogP contribution in [-0.4, -0.2) is 22.3 Å². The van der Waals surface area contributed by atoms with Crippen LogP contribution in [0.4, 0.5) is 5.69 Å². The molecule has 0 spiro atoms. The van der Waals surface area contributed by atoms with Gasteiger partial charge < -0.3 is 14.3 Å². The molecule has 0 saturated carbocycles. The van der Waals surface area contributed by atoms with Gasteiger partial charge in [0.25, 0.3) is 0 Å². The minimum absolute atomic E-state index is 0.128. The molecule has 0 saturated heterocycles. The highest BCUT2D eigenvalue weighted by atomic mass is 16.5. The zero-order valence-electron chi connectivity index (χ0n) is 20.2. The first kappa shape index (κ1) is 22.0. The van der Waals surface area contributed by atoms with Crippen LogP contribution in [0.2, 0.25) is 0 Å². The number of aryl methyl sites for hydroxylation is 2. The number of rotatable bonds is 5. The molecule has 2 aromatic heterocycles. The molecule has 1 atom stereocenters. The molecule has 3 aromatic carbocycles. The second-order valence-corrected chi connectivity index (χ2v) is 9.18. The van der Waals surface area contributed by atoms with Crippen molar-refractivity contribution in [2.45, 2.75) is 33.3 Å². The number of aliphatic imine (C=N–C) groups is 1. The normalized spacial score (nSPS) is 13.3. The Hall–Kier alpha value is -4.45. The van der Waals surface area contributed by atoms with Gasteiger partial charge in [0.15, 0.2) is 5.76 Å². The predicted molar refractivity (Wildman–Crippen MR) is 141 cm³/mol. The first-order valence-electron chi connectivity index (χ1n) is 11.9. The lowest BCUT2D eigenvalue weighted by Gasteiger charge is -2.19. The molecule has 1 aliphatic rings. The van der Waals surface area contributed by atoms with E-state index in [1.165, 1.54) is 0 Å². The second kappa shape index (κ2) is 8.34. The highest BCUT2D eigenvalue weighted by Crippen LogP contribution is 2.38. The Morgan fingerprint density at radius 3 is 2.72 bits per heavy atom.